The topological polar surface area (TPSA) is 88.5 Å². The Morgan fingerprint density at radius 3 is 2.65 bits per heavy atom. The molecule has 2 amide bonds. The van der Waals surface area contributed by atoms with Crippen molar-refractivity contribution in [3.8, 4) is 22.7 Å². The second-order valence-electron chi connectivity index (χ2n) is 7.58. The van der Waals surface area contributed by atoms with Gasteiger partial charge < -0.3 is 25.1 Å². The van der Waals surface area contributed by atoms with E-state index in [0.717, 1.165) is 0 Å². The molecule has 0 spiro atoms. The van der Waals surface area contributed by atoms with Gasteiger partial charge in [-0.1, -0.05) is 30.3 Å². The highest BCUT2D eigenvalue weighted by atomic mass is 19.4. The number of halogens is 3. The van der Waals surface area contributed by atoms with Crippen molar-refractivity contribution in [2.75, 3.05) is 18.4 Å². The molecule has 0 saturated carbocycles. The maximum atomic E-state index is 12.7. The van der Waals surface area contributed by atoms with Crippen molar-refractivity contribution in [3.05, 3.63) is 60.7 Å². The van der Waals surface area contributed by atoms with Gasteiger partial charge in [-0.25, -0.2) is 9.48 Å². The Hall–Kier alpha value is -4.02. The SMILES string of the molecule is CCN1C(=O)NC[C@H]1C(C=O)Nc1cc(-c2cccc(OC(F)(F)F)c2)n(-c2ccccc2)n1. The molecule has 1 unspecified atom stereocenters. The van der Waals surface area contributed by atoms with Crippen LogP contribution in [0.5, 0.6) is 5.75 Å². The number of hydrogen-bond donors (Lipinski definition) is 2. The normalized spacial score (nSPS) is 16.8. The third-order valence-electron chi connectivity index (χ3n) is 5.41. The zero-order valence-corrected chi connectivity index (χ0v) is 18.1. The van der Waals surface area contributed by atoms with Crippen molar-refractivity contribution in [1.29, 1.82) is 0 Å². The number of aldehydes is 1. The summed E-state index contributed by atoms with van der Waals surface area (Å²) in [6, 6.07) is 14.8. The first kappa shape index (κ1) is 23.1. The molecule has 0 aliphatic carbocycles. The van der Waals surface area contributed by atoms with Gasteiger partial charge in [0.15, 0.2) is 0 Å². The Balaban J connectivity index is 1.70. The third-order valence-corrected chi connectivity index (χ3v) is 5.41. The molecule has 1 aliphatic heterocycles. The number of hydrogen-bond acceptors (Lipinski definition) is 5. The summed E-state index contributed by atoms with van der Waals surface area (Å²) in [5, 5.41) is 10.3. The number of urea groups is 1. The van der Waals surface area contributed by atoms with Crippen molar-refractivity contribution < 1.29 is 27.5 Å². The van der Waals surface area contributed by atoms with Crippen LogP contribution < -0.4 is 15.4 Å². The molecule has 8 nitrogen and oxygen atoms in total. The van der Waals surface area contributed by atoms with E-state index in [9.17, 15) is 22.8 Å². The maximum Gasteiger partial charge on any atom is 0.573 e. The summed E-state index contributed by atoms with van der Waals surface area (Å²) >= 11 is 0. The van der Waals surface area contributed by atoms with Crippen LogP contribution in [0.15, 0.2) is 60.7 Å². The number of aromatic nitrogens is 2. The molecule has 0 bridgehead atoms. The Labute approximate surface area is 193 Å². The van der Waals surface area contributed by atoms with Crippen LogP contribution in [0, 0.1) is 0 Å². The van der Waals surface area contributed by atoms with Gasteiger partial charge in [0.05, 0.1) is 17.4 Å². The lowest BCUT2D eigenvalue weighted by molar-refractivity contribution is -0.274. The van der Waals surface area contributed by atoms with Gasteiger partial charge in [0, 0.05) is 24.7 Å². The molecule has 2 aromatic carbocycles. The van der Waals surface area contributed by atoms with E-state index in [1.807, 2.05) is 13.0 Å². The highest BCUT2D eigenvalue weighted by molar-refractivity contribution is 5.79. The molecule has 1 fully saturated rings. The van der Waals surface area contributed by atoms with Gasteiger partial charge in [0.1, 0.15) is 23.9 Å². The van der Waals surface area contributed by atoms with Crippen LogP contribution in [0.3, 0.4) is 0 Å². The van der Waals surface area contributed by atoms with Gasteiger partial charge in [0.25, 0.3) is 0 Å². The van der Waals surface area contributed by atoms with E-state index in [1.54, 1.807) is 46.0 Å². The van der Waals surface area contributed by atoms with Crippen LogP contribution in [0.25, 0.3) is 16.9 Å². The fourth-order valence-electron chi connectivity index (χ4n) is 3.92. The van der Waals surface area contributed by atoms with Gasteiger partial charge in [-0.05, 0) is 31.2 Å². The number of alkyl halides is 3. The van der Waals surface area contributed by atoms with E-state index in [4.69, 9.17) is 0 Å². The third kappa shape index (κ3) is 4.98. The number of amides is 2. The number of carbonyl (C=O) groups is 2. The minimum Gasteiger partial charge on any atom is -0.406 e. The molecule has 2 N–H and O–H groups in total. The summed E-state index contributed by atoms with van der Waals surface area (Å²) in [7, 11) is 0. The van der Waals surface area contributed by atoms with Gasteiger partial charge >= 0.3 is 12.4 Å². The molecule has 178 valence electrons. The zero-order chi connectivity index (χ0) is 24.3. The molecule has 3 aromatic rings. The van der Waals surface area contributed by atoms with Crippen molar-refractivity contribution in [1.82, 2.24) is 20.0 Å². The van der Waals surface area contributed by atoms with Crippen molar-refractivity contribution in [2.45, 2.75) is 25.4 Å². The predicted molar refractivity (Wildman–Crippen MR) is 119 cm³/mol. The van der Waals surface area contributed by atoms with Crippen LogP contribution >= 0.6 is 0 Å². The van der Waals surface area contributed by atoms with Crippen LogP contribution in [-0.2, 0) is 4.79 Å². The smallest absolute Gasteiger partial charge is 0.406 e. The average Bonchev–Trinajstić information content (AvgIpc) is 3.40. The number of nitrogens with zero attached hydrogens (tertiary/aromatic N) is 3. The maximum absolute atomic E-state index is 12.7. The van der Waals surface area contributed by atoms with Gasteiger partial charge in [-0.3, -0.25) is 0 Å². The molecule has 11 heteroatoms. The van der Waals surface area contributed by atoms with E-state index >= 15 is 0 Å². The number of nitrogens with one attached hydrogen (secondary N) is 2. The number of carbonyl (C=O) groups excluding carboxylic acids is 2. The van der Waals surface area contributed by atoms with Crippen LogP contribution in [0.4, 0.5) is 23.8 Å². The van der Waals surface area contributed by atoms with Crippen LogP contribution in [0.2, 0.25) is 0 Å². The molecule has 2 heterocycles. The summed E-state index contributed by atoms with van der Waals surface area (Å²) in [6.45, 7) is 2.54. The number of para-hydroxylation sites is 1. The van der Waals surface area contributed by atoms with Gasteiger partial charge in [-0.2, -0.15) is 0 Å². The highest BCUT2D eigenvalue weighted by Crippen LogP contribution is 2.31. The second kappa shape index (κ2) is 9.46. The lowest BCUT2D eigenvalue weighted by Gasteiger charge is -2.26. The Kier molecular flexibility index (Phi) is 6.44. The first-order chi connectivity index (χ1) is 16.3. The monoisotopic (exact) mass is 473 g/mol. The highest BCUT2D eigenvalue weighted by Gasteiger charge is 2.36. The van der Waals surface area contributed by atoms with Crippen LogP contribution in [0.1, 0.15) is 6.92 Å². The molecular formula is C23H22F3N5O3. The first-order valence-corrected chi connectivity index (χ1v) is 10.6. The summed E-state index contributed by atoms with van der Waals surface area (Å²) in [5.74, 6) is -0.0336. The number of ether oxygens (including phenoxy) is 1. The van der Waals surface area contributed by atoms with E-state index < -0.39 is 18.4 Å². The number of likely N-dealkylation sites (N-methyl/N-ethyl adjacent to an activating group) is 1. The standard InChI is InChI=1S/C23H22F3N5O3/c1-2-30-20(13-27-22(30)33)18(14-32)28-21-12-19(31(29-21)16-8-4-3-5-9-16)15-7-6-10-17(11-15)34-23(24,25)26/h3-12,14,18,20H,2,13H2,1H3,(H,27,33)(H,28,29)/t18?,20-/m0/s1. The lowest BCUT2D eigenvalue weighted by Crippen LogP contribution is -2.46. The molecule has 2 atom stereocenters. The molecule has 1 aliphatic rings. The summed E-state index contributed by atoms with van der Waals surface area (Å²) in [4.78, 5) is 25.4. The Bertz CT molecular complexity index is 1170. The number of benzene rings is 2. The Morgan fingerprint density at radius 1 is 1.21 bits per heavy atom. The molecule has 0 radical (unpaired) electrons. The first-order valence-electron chi connectivity index (χ1n) is 10.6. The summed E-state index contributed by atoms with van der Waals surface area (Å²) in [6.07, 6.45) is -4.10. The molecular weight excluding hydrogens is 451 g/mol. The van der Waals surface area contributed by atoms with E-state index in [1.165, 1.54) is 18.2 Å². The van der Waals surface area contributed by atoms with Gasteiger partial charge in [-0.15, -0.1) is 18.3 Å². The molecule has 1 aromatic heterocycles. The molecule has 34 heavy (non-hydrogen) atoms. The molecule has 1 saturated heterocycles. The number of rotatable bonds is 8. The van der Waals surface area contributed by atoms with Gasteiger partial charge in [0.2, 0.25) is 0 Å². The van der Waals surface area contributed by atoms with Crippen molar-refractivity contribution in [3.63, 3.8) is 0 Å². The second-order valence-corrected chi connectivity index (χ2v) is 7.58. The largest absolute Gasteiger partial charge is 0.573 e. The zero-order valence-electron chi connectivity index (χ0n) is 18.1. The average molecular weight is 473 g/mol. The fourth-order valence-corrected chi connectivity index (χ4v) is 3.92. The van der Waals surface area contributed by atoms with E-state index in [0.29, 0.717) is 42.1 Å². The lowest BCUT2D eigenvalue weighted by atomic mass is 10.1. The summed E-state index contributed by atoms with van der Waals surface area (Å²) in [5.41, 5.74) is 1.59. The van der Waals surface area contributed by atoms with Crippen LogP contribution in [-0.4, -0.2) is 58.5 Å². The van der Waals surface area contributed by atoms with Crippen molar-refractivity contribution >= 4 is 18.1 Å². The number of anilines is 1. The predicted octanol–water partition coefficient (Wildman–Crippen LogP) is 3.83. The van der Waals surface area contributed by atoms with E-state index in [2.05, 4.69) is 20.5 Å². The Morgan fingerprint density at radius 2 is 1.97 bits per heavy atom. The van der Waals surface area contributed by atoms with E-state index in [-0.39, 0.29) is 11.8 Å². The van der Waals surface area contributed by atoms with Crippen molar-refractivity contribution in [2.24, 2.45) is 0 Å². The minimum atomic E-state index is -4.82. The summed E-state index contributed by atoms with van der Waals surface area (Å²) < 4.78 is 43.8. The molecule has 4 rings (SSSR count). The fraction of sp³-hybridized carbons (Fsp3) is 0.261. The quantitative estimate of drug-likeness (QED) is 0.486. The minimum absolute atomic E-state index is 0.252.